The summed E-state index contributed by atoms with van der Waals surface area (Å²) in [6.45, 7) is 3.12. The van der Waals surface area contributed by atoms with Crippen LogP contribution in [0.1, 0.15) is 63.6 Å². The van der Waals surface area contributed by atoms with Gasteiger partial charge < -0.3 is 10.1 Å². The van der Waals surface area contributed by atoms with Crippen LogP contribution in [-0.2, 0) is 4.74 Å². The number of hydrogen-bond donors (Lipinski definition) is 1. The van der Waals surface area contributed by atoms with Crippen LogP contribution in [0.15, 0.2) is 24.4 Å². The molecule has 0 radical (unpaired) electrons. The van der Waals surface area contributed by atoms with Crippen molar-refractivity contribution in [1.29, 1.82) is 0 Å². The molecule has 2 fully saturated rings. The standard InChI is InChI=1S/C17H26N2O/c1-14(16-7-3-6-11-18-16)19-15-8-12-20-17(13-15)9-4-2-5-10-17/h3,6-7,11,14-15,19H,2,4-5,8-10,12-13H2,1H3. The van der Waals surface area contributed by atoms with E-state index in [0.29, 0.717) is 12.1 Å². The summed E-state index contributed by atoms with van der Waals surface area (Å²) in [4.78, 5) is 4.45. The fourth-order valence-electron chi connectivity index (χ4n) is 3.79. The van der Waals surface area contributed by atoms with Crippen LogP contribution in [0.25, 0.3) is 0 Å². The quantitative estimate of drug-likeness (QED) is 0.914. The molecule has 1 N–H and O–H groups in total. The Labute approximate surface area is 122 Å². The number of nitrogens with zero attached hydrogens (tertiary/aromatic N) is 1. The third-order valence-electron chi connectivity index (χ3n) is 4.87. The van der Waals surface area contributed by atoms with Gasteiger partial charge in [0.1, 0.15) is 0 Å². The van der Waals surface area contributed by atoms with Gasteiger partial charge in [-0.1, -0.05) is 25.3 Å². The summed E-state index contributed by atoms with van der Waals surface area (Å²) in [7, 11) is 0. The highest BCUT2D eigenvalue weighted by molar-refractivity contribution is 5.08. The van der Waals surface area contributed by atoms with Gasteiger partial charge in [0.05, 0.1) is 11.3 Å². The maximum absolute atomic E-state index is 6.17. The van der Waals surface area contributed by atoms with Crippen molar-refractivity contribution in [2.75, 3.05) is 6.61 Å². The van der Waals surface area contributed by atoms with E-state index in [1.165, 1.54) is 38.5 Å². The van der Waals surface area contributed by atoms with Crippen LogP contribution >= 0.6 is 0 Å². The second-order valence-corrected chi connectivity index (χ2v) is 6.42. The number of ether oxygens (including phenoxy) is 1. The summed E-state index contributed by atoms with van der Waals surface area (Å²) in [5.41, 5.74) is 1.31. The van der Waals surface area contributed by atoms with E-state index in [2.05, 4.69) is 29.4 Å². The molecule has 2 heterocycles. The Morgan fingerprint density at radius 2 is 2.15 bits per heavy atom. The van der Waals surface area contributed by atoms with E-state index < -0.39 is 0 Å². The lowest BCUT2D eigenvalue weighted by atomic mass is 9.78. The second kappa shape index (κ2) is 6.23. The minimum absolute atomic E-state index is 0.179. The third-order valence-corrected chi connectivity index (χ3v) is 4.87. The molecule has 1 saturated carbocycles. The molecule has 1 aliphatic heterocycles. The molecule has 1 aromatic heterocycles. The minimum atomic E-state index is 0.179. The molecule has 110 valence electrons. The zero-order valence-electron chi connectivity index (χ0n) is 12.5. The summed E-state index contributed by atoms with van der Waals surface area (Å²) in [5, 5.41) is 3.76. The molecule has 1 aliphatic carbocycles. The van der Waals surface area contributed by atoms with Crippen molar-refractivity contribution in [1.82, 2.24) is 10.3 Å². The van der Waals surface area contributed by atoms with Gasteiger partial charge >= 0.3 is 0 Å². The number of rotatable bonds is 3. The third kappa shape index (κ3) is 3.21. The topological polar surface area (TPSA) is 34.1 Å². The van der Waals surface area contributed by atoms with E-state index >= 15 is 0 Å². The SMILES string of the molecule is CC(NC1CCOC2(CCCCC2)C1)c1ccccn1. The van der Waals surface area contributed by atoms with Crippen molar-refractivity contribution in [2.24, 2.45) is 0 Å². The van der Waals surface area contributed by atoms with Crippen molar-refractivity contribution >= 4 is 0 Å². The largest absolute Gasteiger partial charge is 0.375 e. The summed E-state index contributed by atoms with van der Waals surface area (Å²) in [6.07, 6.45) is 10.7. The van der Waals surface area contributed by atoms with Gasteiger partial charge in [-0.2, -0.15) is 0 Å². The average Bonchev–Trinajstić information content (AvgIpc) is 2.49. The van der Waals surface area contributed by atoms with E-state index in [9.17, 15) is 0 Å². The molecule has 0 aromatic carbocycles. The maximum Gasteiger partial charge on any atom is 0.0697 e. The van der Waals surface area contributed by atoms with Crippen molar-refractivity contribution in [2.45, 2.75) is 69.6 Å². The molecule has 20 heavy (non-hydrogen) atoms. The van der Waals surface area contributed by atoms with Gasteiger partial charge in [-0.15, -0.1) is 0 Å². The van der Waals surface area contributed by atoms with Crippen LogP contribution < -0.4 is 5.32 Å². The first-order valence-corrected chi connectivity index (χ1v) is 8.08. The summed E-state index contributed by atoms with van der Waals surface area (Å²) in [5.74, 6) is 0. The van der Waals surface area contributed by atoms with Gasteiger partial charge in [-0.3, -0.25) is 4.98 Å². The molecule has 2 unspecified atom stereocenters. The lowest BCUT2D eigenvalue weighted by Crippen LogP contribution is -2.48. The van der Waals surface area contributed by atoms with Crippen molar-refractivity contribution in [3.05, 3.63) is 30.1 Å². The van der Waals surface area contributed by atoms with Gasteiger partial charge in [0.2, 0.25) is 0 Å². The highest BCUT2D eigenvalue weighted by atomic mass is 16.5. The molecule has 1 saturated heterocycles. The van der Waals surface area contributed by atoms with Crippen LogP contribution in [0, 0.1) is 0 Å². The Morgan fingerprint density at radius 1 is 1.30 bits per heavy atom. The van der Waals surface area contributed by atoms with Crippen LogP contribution in [0.4, 0.5) is 0 Å². The monoisotopic (exact) mass is 274 g/mol. The first-order valence-electron chi connectivity index (χ1n) is 8.08. The van der Waals surface area contributed by atoms with Gasteiger partial charge in [0.15, 0.2) is 0 Å². The van der Waals surface area contributed by atoms with Crippen LogP contribution in [0.5, 0.6) is 0 Å². The second-order valence-electron chi connectivity index (χ2n) is 6.42. The molecule has 0 amide bonds. The van der Waals surface area contributed by atoms with Gasteiger partial charge in [-0.25, -0.2) is 0 Å². The molecule has 3 nitrogen and oxygen atoms in total. The van der Waals surface area contributed by atoms with E-state index in [0.717, 1.165) is 18.7 Å². The maximum atomic E-state index is 6.17. The number of nitrogens with one attached hydrogen (secondary N) is 1. The fourth-order valence-corrected chi connectivity index (χ4v) is 3.79. The van der Waals surface area contributed by atoms with E-state index in [1.54, 1.807) is 0 Å². The summed E-state index contributed by atoms with van der Waals surface area (Å²) < 4.78 is 6.17. The Balaban J connectivity index is 1.60. The number of aromatic nitrogens is 1. The van der Waals surface area contributed by atoms with Gasteiger partial charge in [-0.05, 0) is 44.7 Å². The predicted molar refractivity (Wildman–Crippen MR) is 80.6 cm³/mol. The molecule has 1 aromatic rings. The van der Waals surface area contributed by atoms with Crippen molar-refractivity contribution in [3.63, 3.8) is 0 Å². The van der Waals surface area contributed by atoms with Crippen molar-refractivity contribution in [3.8, 4) is 0 Å². The summed E-state index contributed by atoms with van der Waals surface area (Å²) in [6, 6.07) is 7.03. The zero-order chi connectivity index (χ0) is 13.8. The number of pyridine rings is 1. The fraction of sp³-hybridized carbons (Fsp3) is 0.706. The molecular formula is C17H26N2O. The van der Waals surface area contributed by atoms with E-state index in [1.807, 2.05) is 12.3 Å². The van der Waals surface area contributed by atoms with Crippen LogP contribution in [0.3, 0.4) is 0 Å². The van der Waals surface area contributed by atoms with E-state index in [-0.39, 0.29) is 5.60 Å². The predicted octanol–water partition coefficient (Wildman–Crippen LogP) is 3.61. The molecule has 3 rings (SSSR count). The Kier molecular flexibility index (Phi) is 4.37. The summed E-state index contributed by atoms with van der Waals surface area (Å²) >= 11 is 0. The van der Waals surface area contributed by atoms with E-state index in [4.69, 9.17) is 4.74 Å². The zero-order valence-corrected chi connectivity index (χ0v) is 12.5. The lowest BCUT2D eigenvalue weighted by Gasteiger charge is -2.44. The Morgan fingerprint density at radius 3 is 2.90 bits per heavy atom. The molecular weight excluding hydrogens is 248 g/mol. The molecule has 2 atom stereocenters. The molecule has 0 bridgehead atoms. The lowest BCUT2D eigenvalue weighted by molar-refractivity contribution is -0.110. The Hall–Kier alpha value is -0.930. The number of hydrogen-bond acceptors (Lipinski definition) is 3. The molecule has 1 spiro atoms. The highest BCUT2D eigenvalue weighted by Gasteiger charge is 2.38. The van der Waals surface area contributed by atoms with Gasteiger partial charge in [0.25, 0.3) is 0 Å². The van der Waals surface area contributed by atoms with Gasteiger partial charge in [0, 0.05) is 24.9 Å². The van der Waals surface area contributed by atoms with Crippen molar-refractivity contribution < 1.29 is 4.74 Å². The molecule has 2 aliphatic rings. The normalized spacial score (nSPS) is 27.4. The average molecular weight is 274 g/mol. The Bertz CT molecular complexity index is 409. The minimum Gasteiger partial charge on any atom is -0.375 e. The van der Waals surface area contributed by atoms with Crippen LogP contribution in [-0.4, -0.2) is 23.2 Å². The smallest absolute Gasteiger partial charge is 0.0697 e. The van der Waals surface area contributed by atoms with Crippen LogP contribution in [0.2, 0.25) is 0 Å². The highest BCUT2D eigenvalue weighted by Crippen LogP contribution is 2.38. The first kappa shape index (κ1) is 14.0. The first-order chi connectivity index (χ1) is 9.77. The molecule has 3 heteroatoms.